The fourth-order valence-electron chi connectivity index (χ4n) is 2.63. The Bertz CT molecular complexity index is 136. The lowest BCUT2D eigenvalue weighted by molar-refractivity contribution is -0.0458. The number of hydrogen-bond acceptors (Lipinski definition) is 1. The minimum absolute atomic E-state index is 0.332. The predicted octanol–water partition coefficient (Wildman–Crippen LogP) is 2.75. The molecular formula is C10H18O. The van der Waals surface area contributed by atoms with E-state index in [1.807, 2.05) is 0 Å². The molecule has 1 heteroatoms. The smallest absolute Gasteiger partial charge is 0.0708 e. The van der Waals surface area contributed by atoms with Crippen LogP contribution in [0.5, 0.6) is 0 Å². The van der Waals surface area contributed by atoms with Crippen molar-refractivity contribution in [3.8, 4) is 0 Å². The van der Waals surface area contributed by atoms with Crippen LogP contribution in [0.15, 0.2) is 0 Å². The molecule has 1 spiro atoms. The largest absolute Gasteiger partial charge is 0.375 e. The van der Waals surface area contributed by atoms with Gasteiger partial charge in [-0.1, -0.05) is 26.2 Å². The summed E-state index contributed by atoms with van der Waals surface area (Å²) in [6.07, 6.45) is 8.16. The third-order valence-electron chi connectivity index (χ3n) is 3.54. The molecule has 0 aromatic rings. The van der Waals surface area contributed by atoms with Gasteiger partial charge in [0.15, 0.2) is 0 Å². The number of hydrogen-bond donors (Lipinski definition) is 0. The molecule has 1 aliphatic carbocycles. The highest BCUT2D eigenvalue weighted by atomic mass is 16.5. The van der Waals surface area contributed by atoms with Crippen molar-refractivity contribution in [3.05, 3.63) is 0 Å². The van der Waals surface area contributed by atoms with Crippen LogP contribution in [0.1, 0.15) is 45.4 Å². The van der Waals surface area contributed by atoms with Gasteiger partial charge in [-0.3, -0.25) is 0 Å². The summed E-state index contributed by atoms with van der Waals surface area (Å²) >= 11 is 0. The molecule has 2 rings (SSSR count). The third kappa shape index (κ3) is 1.20. The van der Waals surface area contributed by atoms with Crippen molar-refractivity contribution in [2.24, 2.45) is 5.92 Å². The quantitative estimate of drug-likeness (QED) is 0.521. The zero-order valence-corrected chi connectivity index (χ0v) is 7.44. The SMILES string of the molecule is C[C@@H]1CCOC12CCCCC2. The first-order chi connectivity index (χ1) is 5.33. The number of rotatable bonds is 0. The molecule has 0 aromatic carbocycles. The van der Waals surface area contributed by atoms with Crippen LogP contribution in [0, 0.1) is 5.92 Å². The van der Waals surface area contributed by atoms with Crippen molar-refractivity contribution >= 4 is 0 Å². The minimum atomic E-state index is 0.332. The van der Waals surface area contributed by atoms with Gasteiger partial charge >= 0.3 is 0 Å². The molecule has 1 heterocycles. The van der Waals surface area contributed by atoms with E-state index < -0.39 is 0 Å². The van der Waals surface area contributed by atoms with Gasteiger partial charge in [0.2, 0.25) is 0 Å². The Morgan fingerprint density at radius 2 is 1.91 bits per heavy atom. The Morgan fingerprint density at radius 1 is 1.18 bits per heavy atom. The van der Waals surface area contributed by atoms with Gasteiger partial charge in [0.05, 0.1) is 5.60 Å². The Balaban J connectivity index is 2.06. The molecule has 1 saturated heterocycles. The van der Waals surface area contributed by atoms with Gasteiger partial charge in [-0.2, -0.15) is 0 Å². The fraction of sp³-hybridized carbons (Fsp3) is 1.00. The maximum atomic E-state index is 5.89. The summed E-state index contributed by atoms with van der Waals surface area (Å²) in [7, 11) is 0. The molecular weight excluding hydrogens is 136 g/mol. The Kier molecular flexibility index (Phi) is 1.92. The standard InChI is InChI=1S/C10H18O/c1-9-5-8-11-10(9)6-3-2-4-7-10/h9H,2-8H2,1H3/t9-/m1/s1. The molecule has 1 atom stereocenters. The van der Waals surface area contributed by atoms with Crippen molar-refractivity contribution < 1.29 is 4.74 Å². The van der Waals surface area contributed by atoms with Gasteiger partial charge < -0.3 is 4.74 Å². The predicted molar refractivity (Wildman–Crippen MR) is 45.5 cm³/mol. The Labute approximate surface area is 69.1 Å². The minimum Gasteiger partial charge on any atom is -0.375 e. The van der Waals surface area contributed by atoms with Crippen molar-refractivity contribution in [1.82, 2.24) is 0 Å². The van der Waals surface area contributed by atoms with Crippen LogP contribution in [-0.4, -0.2) is 12.2 Å². The first kappa shape index (κ1) is 7.60. The first-order valence-electron chi connectivity index (χ1n) is 4.97. The molecule has 0 aromatic heterocycles. The summed E-state index contributed by atoms with van der Waals surface area (Å²) in [5.41, 5.74) is 0.332. The average Bonchev–Trinajstić information content (AvgIpc) is 2.36. The van der Waals surface area contributed by atoms with Gasteiger partial charge in [0.25, 0.3) is 0 Å². The van der Waals surface area contributed by atoms with Crippen LogP contribution in [0.4, 0.5) is 0 Å². The summed E-state index contributed by atoms with van der Waals surface area (Å²) in [6.45, 7) is 3.37. The normalized spacial score (nSPS) is 36.3. The summed E-state index contributed by atoms with van der Waals surface area (Å²) in [6, 6.07) is 0. The van der Waals surface area contributed by atoms with E-state index >= 15 is 0 Å². The molecule has 0 unspecified atom stereocenters. The zero-order valence-electron chi connectivity index (χ0n) is 7.44. The topological polar surface area (TPSA) is 9.23 Å². The summed E-state index contributed by atoms with van der Waals surface area (Å²) in [5.74, 6) is 0.822. The highest BCUT2D eigenvalue weighted by molar-refractivity contribution is 4.92. The third-order valence-corrected chi connectivity index (χ3v) is 3.54. The molecule has 64 valence electrons. The molecule has 1 aliphatic heterocycles. The molecule has 1 nitrogen and oxygen atoms in total. The maximum absolute atomic E-state index is 5.89. The van der Waals surface area contributed by atoms with Gasteiger partial charge in [-0.05, 0) is 25.2 Å². The molecule has 11 heavy (non-hydrogen) atoms. The molecule has 1 saturated carbocycles. The second-order valence-corrected chi connectivity index (χ2v) is 4.16. The Hall–Kier alpha value is -0.0400. The second kappa shape index (κ2) is 2.78. The van der Waals surface area contributed by atoms with E-state index in [4.69, 9.17) is 4.74 Å². The molecule has 2 fully saturated rings. The maximum Gasteiger partial charge on any atom is 0.0708 e. The molecule has 2 aliphatic rings. The van der Waals surface area contributed by atoms with E-state index in [2.05, 4.69) is 6.92 Å². The van der Waals surface area contributed by atoms with E-state index in [0.29, 0.717) is 5.60 Å². The first-order valence-corrected chi connectivity index (χ1v) is 4.97. The molecule has 0 radical (unpaired) electrons. The Morgan fingerprint density at radius 3 is 2.45 bits per heavy atom. The van der Waals surface area contributed by atoms with Crippen LogP contribution >= 0.6 is 0 Å². The van der Waals surface area contributed by atoms with E-state index in [-0.39, 0.29) is 0 Å². The van der Waals surface area contributed by atoms with Crippen LogP contribution in [0.3, 0.4) is 0 Å². The molecule has 0 N–H and O–H groups in total. The van der Waals surface area contributed by atoms with Crippen LogP contribution in [0.25, 0.3) is 0 Å². The van der Waals surface area contributed by atoms with Crippen LogP contribution in [0.2, 0.25) is 0 Å². The lowest BCUT2D eigenvalue weighted by atomic mass is 9.77. The van der Waals surface area contributed by atoms with E-state index in [1.165, 1.54) is 38.5 Å². The van der Waals surface area contributed by atoms with Crippen LogP contribution in [-0.2, 0) is 4.74 Å². The van der Waals surface area contributed by atoms with Crippen LogP contribution < -0.4 is 0 Å². The van der Waals surface area contributed by atoms with Crippen molar-refractivity contribution in [1.29, 1.82) is 0 Å². The fourth-order valence-corrected chi connectivity index (χ4v) is 2.63. The van der Waals surface area contributed by atoms with E-state index in [1.54, 1.807) is 0 Å². The van der Waals surface area contributed by atoms with Gasteiger partial charge in [-0.25, -0.2) is 0 Å². The van der Waals surface area contributed by atoms with Gasteiger partial charge in [0.1, 0.15) is 0 Å². The van der Waals surface area contributed by atoms with E-state index in [0.717, 1.165) is 12.5 Å². The van der Waals surface area contributed by atoms with Crippen molar-refractivity contribution in [2.75, 3.05) is 6.61 Å². The summed E-state index contributed by atoms with van der Waals surface area (Å²) < 4.78 is 5.89. The molecule has 0 amide bonds. The van der Waals surface area contributed by atoms with E-state index in [9.17, 15) is 0 Å². The molecule has 0 bridgehead atoms. The average molecular weight is 154 g/mol. The van der Waals surface area contributed by atoms with Gasteiger partial charge in [-0.15, -0.1) is 0 Å². The van der Waals surface area contributed by atoms with Crippen molar-refractivity contribution in [2.45, 2.75) is 51.0 Å². The van der Waals surface area contributed by atoms with Gasteiger partial charge in [0, 0.05) is 6.61 Å². The van der Waals surface area contributed by atoms with Crippen molar-refractivity contribution in [3.63, 3.8) is 0 Å². The highest BCUT2D eigenvalue weighted by Crippen LogP contribution is 2.42. The summed E-state index contributed by atoms with van der Waals surface area (Å²) in [4.78, 5) is 0. The highest BCUT2D eigenvalue weighted by Gasteiger charge is 2.41. The monoisotopic (exact) mass is 154 g/mol. The number of ether oxygens (including phenoxy) is 1. The second-order valence-electron chi connectivity index (χ2n) is 4.16. The lowest BCUT2D eigenvalue weighted by Crippen LogP contribution is -2.36. The summed E-state index contributed by atoms with van der Waals surface area (Å²) in [5, 5.41) is 0. The zero-order chi connectivity index (χ0) is 7.73. The lowest BCUT2D eigenvalue weighted by Gasteiger charge is -2.36.